The van der Waals surface area contributed by atoms with Crippen LogP contribution in [0.2, 0.25) is 0 Å². The molecule has 0 N–H and O–H groups in total. The monoisotopic (exact) mass is 200 g/mol. The van der Waals surface area contributed by atoms with Gasteiger partial charge < -0.3 is 0 Å². The van der Waals surface area contributed by atoms with Crippen molar-refractivity contribution in [2.24, 2.45) is 5.92 Å². The van der Waals surface area contributed by atoms with E-state index in [2.05, 4.69) is 22.4 Å². The Morgan fingerprint density at radius 3 is 2.69 bits per heavy atom. The smallest absolute Gasteiger partial charge is 0.169 e. The fraction of sp³-hybridized carbons (Fsp3) is 0.875. The maximum Gasteiger partial charge on any atom is 0.169 e. The molecule has 2 rings (SSSR count). The van der Waals surface area contributed by atoms with Crippen LogP contribution in [0.15, 0.2) is 0 Å². The molecular weight excluding hydrogens is 188 g/mol. The molecule has 0 saturated heterocycles. The van der Waals surface area contributed by atoms with Crippen molar-refractivity contribution in [2.45, 2.75) is 38.1 Å². The molecule has 1 aliphatic rings. The van der Waals surface area contributed by atoms with Gasteiger partial charge in [0.2, 0.25) is 0 Å². The Kier molecular flexibility index (Phi) is 2.24. The second kappa shape index (κ2) is 3.25. The van der Waals surface area contributed by atoms with Crippen molar-refractivity contribution in [1.29, 1.82) is 0 Å². The quantitative estimate of drug-likeness (QED) is 0.701. The molecule has 2 atom stereocenters. The largest absolute Gasteiger partial charge is 0.225 e. The summed E-state index contributed by atoms with van der Waals surface area (Å²) in [6, 6.07) is 0.395. The SMILES string of the molecule is CC(Cl)c1nnnn1C(C)C1CC1. The van der Waals surface area contributed by atoms with E-state index in [-0.39, 0.29) is 5.38 Å². The van der Waals surface area contributed by atoms with Crippen LogP contribution in [0.1, 0.15) is 43.9 Å². The van der Waals surface area contributed by atoms with E-state index >= 15 is 0 Å². The first-order valence-corrected chi connectivity index (χ1v) is 5.05. The highest BCUT2D eigenvalue weighted by Gasteiger charge is 2.31. The van der Waals surface area contributed by atoms with Crippen molar-refractivity contribution >= 4 is 11.6 Å². The van der Waals surface area contributed by atoms with E-state index in [0.29, 0.717) is 6.04 Å². The molecule has 0 aliphatic heterocycles. The third-order valence-corrected chi connectivity index (χ3v) is 2.76. The van der Waals surface area contributed by atoms with Gasteiger partial charge in [-0.3, -0.25) is 0 Å². The molecule has 1 fully saturated rings. The highest BCUT2D eigenvalue weighted by atomic mass is 35.5. The Morgan fingerprint density at radius 1 is 1.46 bits per heavy atom. The second-order valence-corrected chi connectivity index (χ2v) is 4.33. The van der Waals surface area contributed by atoms with Crippen molar-refractivity contribution in [1.82, 2.24) is 20.2 Å². The standard InChI is InChI=1S/C8H13ClN4/c1-5(9)8-10-11-12-13(8)6(2)7-3-4-7/h5-7H,3-4H2,1-2H3. The Hall–Kier alpha value is -0.640. The number of tetrazole rings is 1. The lowest BCUT2D eigenvalue weighted by atomic mass is 10.2. The normalized spacial score (nSPS) is 21.5. The van der Waals surface area contributed by atoms with Crippen molar-refractivity contribution in [3.8, 4) is 0 Å². The van der Waals surface area contributed by atoms with Crippen LogP contribution in [0, 0.1) is 5.92 Å². The minimum Gasteiger partial charge on any atom is -0.225 e. The van der Waals surface area contributed by atoms with Crippen LogP contribution >= 0.6 is 11.6 Å². The fourth-order valence-electron chi connectivity index (χ4n) is 1.53. The van der Waals surface area contributed by atoms with E-state index in [9.17, 15) is 0 Å². The van der Waals surface area contributed by atoms with E-state index in [1.54, 1.807) is 0 Å². The molecule has 0 bridgehead atoms. The van der Waals surface area contributed by atoms with Gasteiger partial charge in [-0.1, -0.05) is 0 Å². The van der Waals surface area contributed by atoms with Gasteiger partial charge in [-0.15, -0.1) is 16.7 Å². The topological polar surface area (TPSA) is 43.6 Å². The molecular formula is C8H13ClN4. The lowest BCUT2D eigenvalue weighted by molar-refractivity contribution is 0.415. The maximum atomic E-state index is 5.96. The summed E-state index contributed by atoms with van der Waals surface area (Å²) in [6.07, 6.45) is 2.58. The van der Waals surface area contributed by atoms with Gasteiger partial charge in [0.25, 0.3) is 0 Å². The van der Waals surface area contributed by atoms with E-state index in [4.69, 9.17) is 11.6 Å². The van der Waals surface area contributed by atoms with Crippen LogP contribution in [0.3, 0.4) is 0 Å². The minimum atomic E-state index is -0.115. The van der Waals surface area contributed by atoms with Crippen LogP contribution in [-0.4, -0.2) is 20.2 Å². The molecule has 1 saturated carbocycles. The highest BCUT2D eigenvalue weighted by molar-refractivity contribution is 6.20. The lowest BCUT2D eigenvalue weighted by Gasteiger charge is -2.12. The maximum absolute atomic E-state index is 5.96. The van der Waals surface area contributed by atoms with E-state index < -0.39 is 0 Å². The summed E-state index contributed by atoms with van der Waals surface area (Å²) in [5.41, 5.74) is 0. The predicted octanol–water partition coefficient (Wildman–Crippen LogP) is 1.94. The molecule has 72 valence electrons. The Balaban J connectivity index is 2.22. The molecule has 4 nitrogen and oxygen atoms in total. The van der Waals surface area contributed by atoms with Gasteiger partial charge in [-0.25, -0.2) is 4.68 Å². The molecule has 1 aromatic rings. The van der Waals surface area contributed by atoms with Crippen molar-refractivity contribution in [3.63, 3.8) is 0 Å². The van der Waals surface area contributed by atoms with Crippen LogP contribution in [0.4, 0.5) is 0 Å². The molecule has 5 heteroatoms. The minimum absolute atomic E-state index is 0.115. The van der Waals surface area contributed by atoms with E-state index in [0.717, 1.165) is 11.7 Å². The summed E-state index contributed by atoms with van der Waals surface area (Å²) in [5, 5.41) is 11.4. The Morgan fingerprint density at radius 2 is 2.15 bits per heavy atom. The molecule has 13 heavy (non-hydrogen) atoms. The van der Waals surface area contributed by atoms with E-state index in [1.165, 1.54) is 12.8 Å². The molecule has 2 unspecified atom stereocenters. The van der Waals surface area contributed by atoms with Gasteiger partial charge in [-0.05, 0) is 43.0 Å². The summed E-state index contributed by atoms with van der Waals surface area (Å²) in [6.45, 7) is 4.04. The molecule has 0 amide bonds. The van der Waals surface area contributed by atoms with Crippen molar-refractivity contribution in [2.75, 3.05) is 0 Å². The van der Waals surface area contributed by atoms with Crippen LogP contribution in [-0.2, 0) is 0 Å². The molecule has 1 heterocycles. The third-order valence-electron chi connectivity index (χ3n) is 2.56. The summed E-state index contributed by atoms with van der Waals surface area (Å²) in [5.74, 6) is 1.53. The van der Waals surface area contributed by atoms with Crippen molar-refractivity contribution < 1.29 is 0 Å². The van der Waals surface area contributed by atoms with Crippen LogP contribution in [0.5, 0.6) is 0 Å². The first-order valence-electron chi connectivity index (χ1n) is 4.62. The number of hydrogen-bond donors (Lipinski definition) is 0. The summed E-state index contributed by atoms with van der Waals surface area (Å²) in [7, 11) is 0. The molecule has 0 radical (unpaired) electrons. The zero-order valence-corrected chi connectivity index (χ0v) is 8.57. The second-order valence-electron chi connectivity index (χ2n) is 3.68. The zero-order chi connectivity index (χ0) is 9.42. The first kappa shape index (κ1) is 8.94. The average Bonchev–Trinajstić information content (AvgIpc) is 2.80. The van der Waals surface area contributed by atoms with Gasteiger partial charge >= 0.3 is 0 Å². The number of halogens is 1. The molecule has 1 aromatic heterocycles. The number of hydrogen-bond acceptors (Lipinski definition) is 3. The summed E-state index contributed by atoms with van der Waals surface area (Å²) >= 11 is 5.96. The number of alkyl halides is 1. The van der Waals surface area contributed by atoms with Crippen LogP contribution in [0.25, 0.3) is 0 Å². The zero-order valence-electron chi connectivity index (χ0n) is 7.81. The lowest BCUT2D eigenvalue weighted by Crippen LogP contribution is -2.13. The third kappa shape index (κ3) is 1.68. The van der Waals surface area contributed by atoms with Gasteiger partial charge in [0, 0.05) is 0 Å². The van der Waals surface area contributed by atoms with E-state index in [1.807, 2.05) is 11.6 Å². The summed E-state index contributed by atoms with van der Waals surface area (Å²) < 4.78 is 1.86. The van der Waals surface area contributed by atoms with Gasteiger partial charge in [0.05, 0.1) is 11.4 Å². The number of nitrogens with zero attached hydrogens (tertiary/aromatic N) is 4. The van der Waals surface area contributed by atoms with Crippen LogP contribution < -0.4 is 0 Å². The van der Waals surface area contributed by atoms with Gasteiger partial charge in [-0.2, -0.15) is 0 Å². The number of rotatable bonds is 3. The first-order chi connectivity index (χ1) is 6.20. The molecule has 0 aromatic carbocycles. The molecule has 0 spiro atoms. The fourth-order valence-corrected chi connectivity index (χ4v) is 1.67. The average molecular weight is 201 g/mol. The molecule has 1 aliphatic carbocycles. The predicted molar refractivity (Wildman–Crippen MR) is 49.5 cm³/mol. The van der Waals surface area contributed by atoms with Crippen molar-refractivity contribution in [3.05, 3.63) is 5.82 Å². The Labute approximate surface area is 82.3 Å². The van der Waals surface area contributed by atoms with Gasteiger partial charge in [0.15, 0.2) is 5.82 Å². The summed E-state index contributed by atoms with van der Waals surface area (Å²) in [4.78, 5) is 0. The highest BCUT2D eigenvalue weighted by Crippen LogP contribution is 2.39. The Bertz CT molecular complexity index is 292. The number of aromatic nitrogens is 4. The van der Waals surface area contributed by atoms with Gasteiger partial charge in [0.1, 0.15) is 0 Å².